The molecule has 6 aromatic heterocycles. The van der Waals surface area contributed by atoms with E-state index in [1.165, 1.54) is 21.5 Å². The fourth-order valence-electron chi connectivity index (χ4n) is 15.2. The molecule has 0 radical (unpaired) electrons. The summed E-state index contributed by atoms with van der Waals surface area (Å²) in [6, 6.07) is 105. The first-order valence-corrected chi connectivity index (χ1v) is 29.7. The van der Waals surface area contributed by atoms with Gasteiger partial charge in [-0.1, -0.05) is 182 Å². The van der Waals surface area contributed by atoms with Crippen molar-refractivity contribution in [3.8, 4) is 46.3 Å². The Labute approximate surface area is 502 Å². The van der Waals surface area contributed by atoms with Gasteiger partial charge in [0.25, 0.3) is 0 Å². The minimum atomic E-state index is 0.348. The molecule has 0 aliphatic carbocycles. The Morgan fingerprint density at radius 1 is 0.182 bits per heavy atom. The third-order valence-corrected chi connectivity index (χ3v) is 18.7. The first-order chi connectivity index (χ1) is 43.7. The van der Waals surface area contributed by atoms with Gasteiger partial charge in [0, 0.05) is 76.0 Å². The number of nitriles is 2. The van der Waals surface area contributed by atoms with E-state index in [9.17, 15) is 10.5 Å². The van der Waals surface area contributed by atoms with Crippen LogP contribution < -0.4 is 0 Å². The summed E-state index contributed by atoms with van der Waals surface area (Å²) in [6.45, 7) is 0. The van der Waals surface area contributed by atoms with Crippen LogP contribution >= 0.6 is 0 Å². The largest absolute Gasteiger partial charge is 0.309 e. The van der Waals surface area contributed by atoms with Gasteiger partial charge in [-0.25, -0.2) is 0 Å². The van der Waals surface area contributed by atoms with E-state index in [-0.39, 0.29) is 0 Å². The molecule has 8 nitrogen and oxygen atoms in total. The van der Waals surface area contributed by atoms with Gasteiger partial charge in [0.15, 0.2) is 0 Å². The highest BCUT2D eigenvalue weighted by molar-refractivity contribution is 6.18. The lowest BCUT2D eigenvalue weighted by Gasteiger charge is -2.27. The molecule has 0 N–H and O–H groups in total. The second kappa shape index (κ2) is 18.1. The van der Waals surface area contributed by atoms with E-state index in [4.69, 9.17) is 0 Å². The number of aromatic nitrogens is 6. The van der Waals surface area contributed by atoms with Gasteiger partial charge in [-0.05, 0) is 97.1 Å². The summed E-state index contributed by atoms with van der Waals surface area (Å²) in [6.07, 6.45) is 0. The SMILES string of the molecule is N#Cc1c(-n2c3ccc(-n4c5ccccc5c5ccccc54)cc3c3cc(-n4c5ccccc5c5ccccc54)ccc32)c(C#N)c(-n2c3ccccc3c3ccccc32)c(-n2c3ccccc3c3ccccc32)c1-n1c2ccccc2c2ccccc21. The number of hydrogen-bond donors (Lipinski definition) is 0. The zero-order valence-corrected chi connectivity index (χ0v) is 47.1. The summed E-state index contributed by atoms with van der Waals surface area (Å²) in [5.41, 5.74) is 16.9. The maximum Gasteiger partial charge on any atom is 0.104 e. The van der Waals surface area contributed by atoms with Crippen LogP contribution in [-0.4, -0.2) is 27.4 Å². The summed E-state index contributed by atoms with van der Waals surface area (Å²) >= 11 is 0. The fourth-order valence-corrected chi connectivity index (χ4v) is 15.2. The van der Waals surface area contributed by atoms with Gasteiger partial charge < -0.3 is 27.4 Å². The lowest BCUT2D eigenvalue weighted by molar-refractivity contribution is 1.02. The first-order valence-electron chi connectivity index (χ1n) is 29.7. The molecule has 0 aliphatic rings. The fraction of sp³-hybridized carbons (Fsp3) is 0. The summed E-state index contributed by atoms with van der Waals surface area (Å²) in [5.74, 6) is 0. The standard InChI is InChI=1S/C80H46N8/c81-47-63-77(85-75-43-41-49(83-65-31-11-1-21-51(65)52-22-2-12-32-66(52)83)45-61(75)62-46-50(42-44-76(62)85)84-67-33-13-3-23-53(67)54-24-4-14-34-68(54)84)64(48-82)79(87-71-37-17-7-27-57(71)58-28-8-18-38-72(58)87)80(88-73-39-19-9-29-59(73)60-30-10-20-40-74(60)88)78(63)86-69-35-15-5-25-55(69)56-26-6-16-36-70(56)86/h1-46H. The van der Waals surface area contributed by atoms with Gasteiger partial charge in [0.1, 0.15) is 23.3 Å². The Bertz CT molecular complexity index is 5760. The van der Waals surface area contributed by atoms with Crippen LogP contribution in [-0.2, 0) is 0 Å². The quantitative estimate of drug-likeness (QED) is 0.166. The van der Waals surface area contributed by atoms with Gasteiger partial charge in [-0.3, -0.25) is 0 Å². The Morgan fingerprint density at radius 3 is 0.614 bits per heavy atom. The molecule has 406 valence electrons. The monoisotopic (exact) mass is 1120 g/mol. The highest BCUT2D eigenvalue weighted by Gasteiger charge is 2.35. The molecule has 0 bridgehead atoms. The number of rotatable bonds is 6. The van der Waals surface area contributed by atoms with Gasteiger partial charge in [-0.15, -0.1) is 0 Å². The van der Waals surface area contributed by atoms with Gasteiger partial charge in [0.2, 0.25) is 0 Å². The number of benzene rings is 13. The maximum atomic E-state index is 12.9. The molecule has 0 saturated heterocycles. The predicted molar refractivity (Wildman–Crippen MR) is 362 cm³/mol. The first kappa shape index (κ1) is 48.1. The van der Waals surface area contributed by atoms with E-state index in [1.54, 1.807) is 0 Å². The van der Waals surface area contributed by atoms with E-state index in [2.05, 4.69) is 319 Å². The van der Waals surface area contributed by atoms with Gasteiger partial charge in [-0.2, -0.15) is 10.5 Å². The van der Waals surface area contributed by atoms with Crippen LogP contribution in [0.3, 0.4) is 0 Å². The Hall–Kier alpha value is -12.4. The zero-order valence-electron chi connectivity index (χ0n) is 47.1. The van der Waals surface area contributed by atoms with Crippen LogP contribution in [0.2, 0.25) is 0 Å². The molecule has 19 rings (SSSR count). The van der Waals surface area contributed by atoms with Crippen molar-refractivity contribution in [3.63, 3.8) is 0 Å². The van der Waals surface area contributed by atoms with Crippen molar-refractivity contribution in [1.29, 1.82) is 10.5 Å². The third kappa shape index (κ3) is 6.34. The molecule has 8 heteroatoms. The predicted octanol–water partition coefficient (Wildman–Crippen LogP) is 20.0. The van der Waals surface area contributed by atoms with Crippen molar-refractivity contribution in [1.82, 2.24) is 27.4 Å². The smallest absolute Gasteiger partial charge is 0.104 e. The van der Waals surface area contributed by atoms with E-state index in [0.29, 0.717) is 33.9 Å². The van der Waals surface area contributed by atoms with Crippen LogP contribution in [0.1, 0.15) is 11.1 Å². The third-order valence-electron chi connectivity index (χ3n) is 18.7. The average Bonchev–Trinajstić information content (AvgIpc) is 1.78. The van der Waals surface area contributed by atoms with Crippen molar-refractivity contribution in [2.75, 3.05) is 0 Å². The number of nitrogens with zero attached hydrogens (tertiary/aromatic N) is 8. The minimum absolute atomic E-state index is 0.348. The van der Waals surface area contributed by atoms with Crippen molar-refractivity contribution >= 4 is 131 Å². The molecule has 0 atom stereocenters. The average molecular weight is 1120 g/mol. The van der Waals surface area contributed by atoms with Crippen LogP contribution in [0.4, 0.5) is 0 Å². The van der Waals surface area contributed by atoms with Crippen molar-refractivity contribution in [3.05, 3.63) is 290 Å². The van der Waals surface area contributed by atoms with E-state index in [1.807, 2.05) is 0 Å². The lowest BCUT2D eigenvalue weighted by Crippen LogP contribution is -2.17. The Balaban J connectivity index is 1.05. The van der Waals surface area contributed by atoms with E-state index < -0.39 is 0 Å². The molecule has 88 heavy (non-hydrogen) atoms. The van der Waals surface area contributed by atoms with Crippen molar-refractivity contribution in [2.24, 2.45) is 0 Å². The molecule has 0 fully saturated rings. The van der Waals surface area contributed by atoms with Crippen LogP contribution in [0.25, 0.3) is 165 Å². The maximum absolute atomic E-state index is 12.9. The number of fused-ring (bicyclic) bond motifs is 18. The molecule has 6 heterocycles. The molecular weight excluding hydrogens is 1070 g/mol. The Kier molecular flexibility index (Phi) is 9.87. The highest BCUT2D eigenvalue weighted by atomic mass is 15.1. The summed E-state index contributed by atoms with van der Waals surface area (Å²) < 4.78 is 13.9. The van der Waals surface area contributed by atoms with Crippen LogP contribution in [0, 0.1) is 22.7 Å². The topological polar surface area (TPSA) is 77.2 Å². The molecule has 13 aromatic carbocycles. The lowest BCUT2D eigenvalue weighted by atomic mass is 9.98. The normalized spacial score (nSPS) is 12.1. The number of hydrogen-bond acceptors (Lipinski definition) is 2. The van der Waals surface area contributed by atoms with E-state index >= 15 is 0 Å². The van der Waals surface area contributed by atoms with Gasteiger partial charge in [0.05, 0.1) is 88.9 Å². The Morgan fingerprint density at radius 2 is 0.375 bits per heavy atom. The molecule has 0 saturated carbocycles. The second-order valence-electron chi connectivity index (χ2n) is 23.0. The van der Waals surface area contributed by atoms with Crippen LogP contribution in [0.15, 0.2) is 279 Å². The summed E-state index contributed by atoms with van der Waals surface area (Å²) in [5, 5.41) is 38.6. The molecule has 0 amide bonds. The molecule has 0 spiro atoms. The number of para-hydroxylation sites is 10. The van der Waals surface area contributed by atoms with Crippen LogP contribution in [0.5, 0.6) is 0 Å². The van der Waals surface area contributed by atoms with Crippen molar-refractivity contribution in [2.45, 2.75) is 0 Å². The van der Waals surface area contributed by atoms with Gasteiger partial charge >= 0.3 is 0 Å². The zero-order chi connectivity index (χ0) is 57.9. The molecule has 0 unspecified atom stereocenters. The molecule has 0 aliphatic heterocycles. The summed E-state index contributed by atoms with van der Waals surface area (Å²) in [4.78, 5) is 0. The molecule has 19 aromatic rings. The minimum Gasteiger partial charge on any atom is -0.309 e. The molecular formula is C80H46N8. The second-order valence-corrected chi connectivity index (χ2v) is 23.0. The highest BCUT2D eigenvalue weighted by Crippen LogP contribution is 2.50. The summed E-state index contributed by atoms with van der Waals surface area (Å²) in [7, 11) is 0. The van der Waals surface area contributed by atoms with Crippen molar-refractivity contribution < 1.29 is 0 Å². The van der Waals surface area contributed by atoms with E-state index in [0.717, 1.165) is 121 Å².